The van der Waals surface area contributed by atoms with Crippen molar-refractivity contribution in [2.45, 2.75) is 33.1 Å². The van der Waals surface area contributed by atoms with Crippen molar-refractivity contribution < 1.29 is 0 Å². The summed E-state index contributed by atoms with van der Waals surface area (Å²) in [6.45, 7) is 12.6. The van der Waals surface area contributed by atoms with Gasteiger partial charge in [0.15, 0.2) is 11.6 Å². The van der Waals surface area contributed by atoms with E-state index in [-0.39, 0.29) is 5.41 Å². The third-order valence-corrected chi connectivity index (χ3v) is 5.81. The highest BCUT2D eigenvalue weighted by atomic mass is 15.3. The number of aromatic nitrogens is 3. The van der Waals surface area contributed by atoms with Crippen molar-refractivity contribution in [1.82, 2.24) is 14.8 Å². The Morgan fingerprint density at radius 3 is 1.74 bits per heavy atom. The zero-order chi connectivity index (χ0) is 24.1. The third-order valence-electron chi connectivity index (χ3n) is 5.81. The smallest absolute Gasteiger partial charge is 0.168 e. The van der Waals surface area contributed by atoms with Crippen LogP contribution in [0.1, 0.15) is 33.3 Å². The number of rotatable bonds is 6. The molecule has 0 radical (unpaired) electrons. The van der Waals surface area contributed by atoms with Gasteiger partial charge in [0.1, 0.15) is 0 Å². The Hall–Kier alpha value is -3.98. The van der Waals surface area contributed by atoms with Crippen LogP contribution in [-0.2, 0) is 5.41 Å². The van der Waals surface area contributed by atoms with Crippen LogP contribution in [0.2, 0.25) is 0 Å². The zero-order valence-corrected chi connectivity index (χ0v) is 20.4. The number of hydrogen-bond acceptors (Lipinski definition) is 2. The van der Waals surface area contributed by atoms with E-state index < -0.39 is 0 Å². The van der Waals surface area contributed by atoms with Crippen LogP contribution in [0.15, 0.2) is 110 Å². The monoisotopic (exact) mass is 445 g/mol. The predicted octanol–water partition coefficient (Wildman–Crippen LogP) is 8.18. The Morgan fingerprint density at radius 2 is 1.24 bits per heavy atom. The van der Waals surface area contributed by atoms with Gasteiger partial charge in [-0.25, -0.2) is 0 Å². The first-order chi connectivity index (χ1) is 16.4. The Morgan fingerprint density at radius 1 is 0.735 bits per heavy atom. The van der Waals surface area contributed by atoms with Crippen LogP contribution in [0.5, 0.6) is 0 Å². The van der Waals surface area contributed by atoms with Gasteiger partial charge < -0.3 is 0 Å². The maximum Gasteiger partial charge on any atom is 0.168 e. The fourth-order valence-electron chi connectivity index (χ4n) is 3.96. The molecule has 1 aromatic heterocycles. The first-order valence-corrected chi connectivity index (χ1v) is 11.6. The third kappa shape index (κ3) is 4.84. The van der Waals surface area contributed by atoms with Gasteiger partial charge >= 0.3 is 0 Å². The standard InChI is InChI=1S/C31H31N3/c1-6-11-28(12-7-2)34-29(25-17-15-24(16-18-25)23-13-9-8-10-14-23)32-33-30(34)26-19-21-27(22-20-26)31(3,4)5/h6-22H,1H2,2-5H3/b12-7-,28-11+. The highest BCUT2D eigenvalue weighted by Crippen LogP contribution is 2.31. The average Bonchev–Trinajstić information content (AvgIpc) is 3.29. The predicted molar refractivity (Wildman–Crippen MR) is 144 cm³/mol. The van der Waals surface area contributed by atoms with Gasteiger partial charge in [-0.1, -0.05) is 118 Å². The molecule has 0 spiro atoms. The molecule has 170 valence electrons. The molecule has 0 aliphatic rings. The minimum atomic E-state index is 0.0940. The van der Waals surface area contributed by atoms with Gasteiger partial charge in [0.25, 0.3) is 0 Å². The molecule has 0 aliphatic carbocycles. The topological polar surface area (TPSA) is 30.7 Å². The second kappa shape index (κ2) is 9.88. The molecule has 4 rings (SSSR count). The minimum absolute atomic E-state index is 0.0940. The number of benzene rings is 3. The molecule has 0 atom stereocenters. The summed E-state index contributed by atoms with van der Waals surface area (Å²) in [6.07, 6.45) is 7.85. The summed E-state index contributed by atoms with van der Waals surface area (Å²) in [5, 5.41) is 9.25. The Kier molecular flexibility index (Phi) is 6.74. The van der Waals surface area contributed by atoms with Crippen molar-refractivity contribution in [3.05, 3.63) is 115 Å². The average molecular weight is 446 g/mol. The fraction of sp³-hybridized carbons (Fsp3) is 0.161. The van der Waals surface area contributed by atoms with E-state index in [1.165, 1.54) is 16.7 Å². The van der Waals surface area contributed by atoms with E-state index in [1.54, 1.807) is 6.08 Å². The summed E-state index contributed by atoms with van der Waals surface area (Å²) >= 11 is 0. The van der Waals surface area contributed by atoms with E-state index in [1.807, 2.05) is 25.1 Å². The molecule has 0 fully saturated rings. The van der Waals surface area contributed by atoms with Crippen molar-refractivity contribution in [3.63, 3.8) is 0 Å². The number of allylic oxidation sites excluding steroid dienone is 5. The van der Waals surface area contributed by atoms with Crippen LogP contribution in [0.4, 0.5) is 0 Å². The van der Waals surface area contributed by atoms with Gasteiger partial charge in [-0.15, -0.1) is 10.2 Å². The van der Waals surface area contributed by atoms with E-state index in [0.717, 1.165) is 28.5 Å². The summed E-state index contributed by atoms with van der Waals surface area (Å²) in [5.41, 5.74) is 6.72. The van der Waals surface area contributed by atoms with Gasteiger partial charge in [0.05, 0.1) is 0 Å². The molecule has 0 saturated carbocycles. The van der Waals surface area contributed by atoms with Crippen LogP contribution in [0.3, 0.4) is 0 Å². The molecular weight excluding hydrogens is 414 g/mol. The van der Waals surface area contributed by atoms with Gasteiger partial charge in [0.2, 0.25) is 0 Å². The Labute approximate surface area is 202 Å². The van der Waals surface area contributed by atoms with Crippen molar-refractivity contribution in [2.75, 3.05) is 0 Å². The normalized spacial score (nSPS) is 12.3. The second-order valence-corrected chi connectivity index (χ2v) is 9.28. The van der Waals surface area contributed by atoms with Gasteiger partial charge in [-0.2, -0.15) is 0 Å². The van der Waals surface area contributed by atoms with Crippen molar-refractivity contribution in [1.29, 1.82) is 0 Å². The molecule has 3 nitrogen and oxygen atoms in total. The molecule has 0 unspecified atom stereocenters. The number of nitrogens with zero attached hydrogens (tertiary/aromatic N) is 3. The summed E-state index contributed by atoms with van der Waals surface area (Å²) in [4.78, 5) is 0. The minimum Gasteiger partial charge on any atom is -0.275 e. The van der Waals surface area contributed by atoms with Gasteiger partial charge in [-0.3, -0.25) is 4.57 Å². The van der Waals surface area contributed by atoms with Crippen LogP contribution < -0.4 is 0 Å². The Balaban J connectivity index is 1.83. The lowest BCUT2D eigenvalue weighted by Crippen LogP contribution is -2.10. The fourth-order valence-corrected chi connectivity index (χ4v) is 3.96. The first-order valence-electron chi connectivity index (χ1n) is 11.6. The molecule has 0 bridgehead atoms. The summed E-state index contributed by atoms with van der Waals surface area (Å²) in [5.74, 6) is 1.59. The van der Waals surface area contributed by atoms with E-state index in [0.29, 0.717) is 0 Å². The lowest BCUT2D eigenvalue weighted by molar-refractivity contribution is 0.590. The molecular formula is C31H31N3. The molecule has 0 amide bonds. The molecule has 0 aliphatic heterocycles. The highest BCUT2D eigenvalue weighted by Gasteiger charge is 2.19. The molecule has 3 heteroatoms. The number of hydrogen-bond donors (Lipinski definition) is 0. The van der Waals surface area contributed by atoms with Crippen LogP contribution >= 0.6 is 0 Å². The van der Waals surface area contributed by atoms with Crippen LogP contribution in [0.25, 0.3) is 39.6 Å². The van der Waals surface area contributed by atoms with Crippen LogP contribution in [0, 0.1) is 0 Å². The largest absolute Gasteiger partial charge is 0.275 e. The van der Waals surface area contributed by atoms with E-state index >= 15 is 0 Å². The molecule has 3 aromatic carbocycles. The molecule has 4 aromatic rings. The lowest BCUT2D eigenvalue weighted by Gasteiger charge is -2.19. The summed E-state index contributed by atoms with van der Waals surface area (Å²) in [6, 6.07) is 27.5. The lowest BCUT2D eigenvalue weighted by atomic mass is 9.86. The molecule has 0 N–H and O–H groups in total. The van der Waals surface area contributed by atoms with Crippen molar-refractivity contribution in [3.8, 4) is 33.9 Å². The molecule has 34 heavy (non-hydrogen) atoms. The second-order valence-electron chi connectivity index (χ2n) is 9.28. The summed E-state index contributed by atoms with van der Waals surface area (Å²) in [7, 11) is 0. The van der Waals surface area contributed by atoms with Crippen LogP contribution in [-0.4, -0.2) is 14.8 Å². The maximum atomic E-state index is 4.63. The van der Waals surface area contributed by atoms with Gasteiger partial charge in [0, 0.05) is 16.8 Å². The zero-order valence-electron chi connectivity index (χ0n) is 20.4. The van der Waals surface area contributed by atoms with E-state index in [9.17, 15) is 0 Å². The van der Waals surface area contributed by atoms with E-state index in [4.69, 9.17) is 0 Å². The maximum absolute atomic E-state index is 4.63. The first kappa shape index (κ1) is 23.2. The van der Waals surface area contributed by atoms with Crippen molar-refractivity contribution in [2.24, 2.45) is 0 Å². The Bertz CT molecular complexity index is 1310. The summed E-state index contributed by atoms with van der Waals surface area (Å²) < 4.78 is 2.10. The van der Waals surface area contributed by atoms with E-state index in [2.05, 4.69) is 121 Å². The SMILES string of the molecule is C=C/C=C(\C=C/C)n1c(-c2ccc(-c3ccccc3)cc2)nnc1-c1ccc(C(C)(C)C)cc1. The molecule has 0 saturated heterocycles. The quantitative estimate of drug-likeness (QED) is 0.280. The van der Waals surface area contributed by atoms with Crippen molar-refractivity contribution >= 4 is 5.70 Å². The highest BCUT2D eigenvalue weighted by molar-refractivity contribution is 5.75. The van der Waals surface area contributed by atoms with Gasteiger partial charge in [-0.05, 0) is 41.2 Å². The molecule has 1 heterocycles.